The number of hydrogen-bond acceptors (Lipinski definition) is 4. The highest BCUT2D eigenvalue weighted by Gasteiger charge is 2.32. The Bertz CT molecular complexity index is 425. The molecule has 1 rings (SSSR count). The van der Waals surface area contributed by atoms with Gasteiger partial charge in [-0.05, 0) is 36.2 Å². The lowest BCUT2D eigenvalue weighted by molar-refractivity contribution is -0.0713. The molecule has 1 N–H and O–H groups in total. The number of benzene rings is 1. The van der Waals surface area contributed by atoms with E-state index in [2.05, 4.69) is 33.9 Å². The first-order valence-electron chi connectivity index (χ1n) is 7.59. The number of methoxy groups -OCH3 is 1. The van der Waals surface area contributed by atoms with Crippen molar-refractivity contribution < 1.29 is 19.0 Å². The van der Waals surface area contributed by atoms with Crippen LogP contribution in [0.3, 0.4) is 0 Å². The maximum atomic E-state index is 10.4. The van der Waals surface area contributed by atoms with E-state index in [9.17, 15) is 5.11 Å². The molecule has 0 saturated carbocycles. The molecule has 0 aromatic heterocycles. The zero-order chi connectivity index (χ0) is 16.8. The Kier molecular flexibility index (Phi) is 7.55. The average Bonchev–Trinajstić information content (AvgIpc) is 2.44. The maximum absolute atomic E-state index is 10.4. The van der Waals surface area contributed by atoms with Crippen LogP contribution in [0.15, 0.2) is 24.3 Å². The molecule has 5 heteroatoms. The summed E-state index contributed by atoms with van der Waals surface area (Å²) in [4.78, 5) is 0. The van der Waals surface area contributed by atoms with Crippen molar-refractivity contribution in [3.8, 4) is 5.75 Å². The number of hydrogen-bond donors (Lipinski definition) is 1. The highest BCUT2D eigenvalue weighted by molar-refractivity contribution is 6.48. The minimum Gasteiger partial charge on any atom is -0.497 e. The van der Waals surface area contributed by atoms with Crippen LogP contribution in [0.25, 0.3) is 0 Å². The molecule has 0 bridgehead atoms. The Balaban J connectivity index is 2.50. The summed E-state index contributed by atoms with van der Waals surface area (Å²) >= 11 is 0. The van der Waals surface area contributed by atoms with Gasteiger partial charge in [0.05, 0.1) is 26.4 Å². The molecule has 0 amide bonds. The molecule has 0 aliphatic heterocycles. The quantitative estimate of drug-likeness (QED) is 0.745. The van der Waals surface area contributed by atoms with Crippen LogP contribution in [0, 0.1) is 5.41 Å². The van der Waals surface area contributed by atoms with Gasteiger partial charge in [0, 0.05) is 0 Å². The van der Waals surface area contributed by atoms with E-state index in [-0.39, 0.29) is 18.1 Å². The van der Waals surface area contributed by atoms with Crippen molar-refractivity contribution in [1.29, 1.82) is 0 Å². The highest BCUT2D eigenvalue weighted by Crippen LogP contribution is 2.26. The second kappa shape index (κ2) is 8.67. The van der Waals surface area contributed by atoms with Crippen molar-refractivity contribution >= 4 is 9.04 Å². The van der Waals surface area contributed by atoms with E-state index >= 15 is 0 Å². The molecule has 125 valence electrons. The Morgan fingerprint density at radius 2 is 1.73 bits per heavy atom. The van der Waals surface area contributed by atoms with E-state index < -0.39 is 15.1 Å². The van der Waals surface area contributed by atoms with Gasteiger partial charge in [0.1, 0.15) is 11.9 Å². The summed E-state index contributed by atoms with van der Waals surface area (Å²) in [5, 5.41) is 10.4. The molecule has 2 atom stereocenters. The number of aliphatic hydroxyl groups is 1. The molecule has 1 aromatic carbocycles. The van der Waals surface area contributed by atoms with E-state index in [1.165, 1.54) is 0 Å². The van der Waals surface area contributed by atoms with Crippen molar-refractivity contribution in [2.24, 2.45) is 5.41 Å². The molecule has 2 unspecified atom stereocenters. The first-order valence-corrected chi connectivity index (χ1v) is 10.0. The first-order chi connectivity index (χ1) is 10.2. The molecule has 4 nitrogen and oxygen atoms in total. The molecular weight excluding hydrogens is 296 g/mol. The fourth-order valence-corrected chi connectivity index (χ4v) is 3.21. The summed E-state index contributed by atoms with van der Waals surface area (Å²) in [5.74, 6) is 0.825. The van der Waals surface area contributed by atoms with Crippen LogP contribution in [0.2, 0.25) is 13.1 Å². The van der Waals surface area contributed by atoms with Gasteiger partial charge < -0.3 is 19.0 Å². The monoisotopic (exact) mass is 325 g/mol. The fraction of sp³-hybridized carbons (Fsp3) is 0.647. The minimum absolute atomic E-state index is 0.120. The molecule has 0 saturated heterocycles. The van der Waals surface area contributed by atoms with E-state index in [1.807, 2.05) is 24.3 Å². The van der Waals surface area contributed by atoms with E-state index in [0.29, 0.717) is 6.61 Å². The zero-order valence-electron chi connectivity index (χ0n) is 14.6. The molecule has 0 aliphatic carbocycles. The third kappa shape index (κ3) is 6.48. The van der Waals surface area contributed by atoms with Crippen LogP contribution < -0.4 is 4.74 Å². The highest BCUT2D eigenvalue weighted by atomic mass is 28.3. The van der Waals surface area contributed by atoms with E-state index in [1.54, 1.807) is 7.11 Å². The predicted molar refractivity (Wildman–Crippen MR) is 90.5 cm³/mol. The molecule has 0 spiro atoms. The Labute approximate surface area is 136 Å². The van der Waals surface area contributed by atoms with Crippen LogP contribution in [0.4, 0.5) is 0 Å². The van der Waals surface area contributed by atoms with Crippen LogP contribution in [-0.4, -0.2) is 40.1 Å². The topological polar surface area (TPSA) is 47.9 Å². The summed E-state index contributed by atoms with van der Waals surface area (Å²) in [7, 11) is 0.771. The van der Waals surface area contributed by atoms with Crippen molar-refractivity contribution in [3.63, 3.8) is 0 Å². The lowest BCUT2D eigenvalue weighted by Crippen LogP contribution is -2.44. The van der Waals surface area contributed by atoms with Gasteiger partial charge in [-0.25, -0.2) is 0 Å². The summed E-state index contributed by atoms with van der Waals surface area (Å²) in [6.45, 7) is 11.1. The standard InChI is InChI=1S/C17H29O4Si/c1-17(2,3)16(21-22(5)6)15(18)12-20-11-13-7-9-14(19-4)10-8-13/h7-10,15-16,18H,11-12H2,1-6H3. The molecule has 1 aromatic rings. The van der Waals surface area contributed by atoms with Crippen molar-refractivity contribution in [2.45, 2.75) is 52.7 Å². The maximum Gasteiger partial charge on any atom is 0.205 e. The second-order valence-electron chi connectivity index (χ2n) is 6.74. The van der Waals surface area contributed by atoms with E-state index in [0.717, 1.165) is 11.3 Å². The smallest absolute Gasteiger partial charge is 0.205 e. The molecule has 0 aliphatic rings. The van der Waals surface area contributed by atoms with Gasteiger partial charge in [-0.15, -0.1) is 0 Å². The third-order valence-corrected chi connectivity index (χ3v) is 4.01. The van der Waals surface area contributed by atoms with Gasteiger partial charge in [0.25, 0.3) is 0 Å². The van der Waals surface area contributed by atoms with Gasteiger partial charge in [-0.2, -0.15) is 0 Å². The Morgan fingerprint density at radius 1 is 1.14 bits per heavy atom. The van der Waals surface area contributed by atoms with Crippen LogP contribution >= 0.6 is 0 Å². The average molecular weight is 326 g/mol. The lowest BCUT2D eigenvalue weighted by atomic mass is 9.86. The summed E-state index contributed by atoms with van der Waals surface area (Å²) < 4.78 is 16.7. The van der Waals surface area contributed by atoms with Crippen LogP contribution in [-0.2, 0) is 15.8 Å². The van der Waals surface area contributed by atoms with Crippen molar-refractivity contribution in [2.75, 3.05) is 13.7 Å². The molecule has 22 heavy (non-hydrogen) atoms. The lowest BCUT2D eigenvalue weighted by Gasteiger charge is -2.35. The molecule has 0 heterocycles. The normalized spacial score (nSPS) is 14.9. The zero-order valence-corrected chi connectivity index (χ0v) is 15.6. The number of ether oxygens (including phenoxy) is 2. The predicted octanol–water partition coefficient (Wildman–Crippen LogP) is 3.26. The summed E-state index contributed by atoms with van der Waals surface area (Å²) in [5.41, 5.74) is 0.933. The first kappa shape index (κ1) is 19.2. The van der Waals surface area contributed by atoms with Crippen LogP contribution in [0.1, 0.15) is 26.3 Å². The van der Waals surface area contributed by atoms with Gasteiger partial charge in [-0.1, -0.05) is 32.9 Å². The minimum atomic E-state index is -0.874. The summed E-state index contributed by atoms with van der Waals surface area (Å²) in [6.07, 6.45) is -0.842. The SMILES string of the molecule is COc1ccc(COCC(O)C(O[Si](C)C)C(C)(C)C)cc1. The molecule has 1 radical (unpaired) electrons. The largest absolute Gasteiger partial charge is 0.497 e. The van der Waals surface area contributed by atoms with Crippen molar-refractivity contribution in [3.05, 3.63) is 29.8 Å². The van der Waals surface area contributed by atoms with Crippen molar-refractivity contribution in [1.82, 2.24) is 0 Å². The Morgan fingerprint density at radius 3 is 2.18 bits per heavy atom. The number of rotatable bonds is 8. The third-order valence-electron chi connectivity index (χ3n) is 3.28. The second-order valence-corrected chi connectivity index (χ2v) is 8.80. The molecule has 0 fully saturated rings. The van der Waals surface area contributed by atoms with Crippen LogP contribution in [0.5, 0.6) is 5.75 Å². The van der Waals surface area contributed by atoms with Gasteiger partial charge >= 0.3 is 0 Å². The summed E-state index contributed by atoms with van der Waals surface area (Å²) in [6, 6.07) is 7.72. The Hall–Kier alpha value is -0.883. The van der Waals surface area contributed by atoms with Gasteiger partial charge in [0.2, 0.25) is 9.04 Å². The molecular formula is C17H29O4Si. The van der Waals surface area contributed by atoms with Gasteiger partial charge in [-0.3, -0.25) is 0 Å². The van der Waals surface area contributed by atoms with E-state index in [4.69, 9.17) is 13.9 Å². The van der Waals surface area contributed by atoms with Gasteiger partial charge in [0.15, 0.2) is 0 Å². The number of aliphatic hydroxyl groups excluding tert-OH is 1. The fourth-order valence-electron chi connectivity index (χ4n) is 2.19.